The third-order valence-electron chi connectivity index (χ3n) is 5.11. The van der Waals surface area contributed by atoms with Crippen LogP contribution in [-0.2, 0) is 10.2 Å². The molecule has 1 saturated carbocycles. The summed E-state index contributed by atoms with van der Waals surface area (Å²) in [7, 11) is 0. The maximum atomic E-state index is 13.3. The highest BCUT2D eigenvalue weighted by Gasteiger charge is 2.50. The summed E-state index contributed by atoms with van der Waals surface area (Å²) in [6.45, 7) is 3.75. The highest BCUT2D eigenvalue weighted by atomic mass is 16.6. The number of nitrogens with zero attached hydrogens (tertiary/aromatic N) is 3. The van der Waals surface area contributed by atoms with E-state index in [0.29, 0.717) is 17.8 Å². The van der Waals surface area contributed by atoms with Gasteiger partial charge in [0.1, 0.15) is 16.9 Å². The van der Waals surface area contributed by atoms with Crippen molar-refractivity contribution in [1.82, 2.24) is 9.97 Å². The van der Waals surface area contributed by atoms with Crippen LogP contribution in [0.5, 0.6) is 0 Å². The lowest BCUT2D eigenvalue weighted by Gasteiger charge is -2.30. The van der Waals surface area contributed by atoms with E-state index in [1.807, 2.05) is 6.92 Å². The van der Waals surface area contributed by atoms with E-state index in [4.69, 9.17) is 0 Å². The number of amides is 1. The Bertz CT molecular complexity index is 809. The predicted molar refractivity (Wildman–Crippen MR) is 93.2 cm³/mol. The number of nitro benzene ring substituents is 1. The second-order valence-electron chi connectivity index (χ2n) is 6.52. The number of para-hydroxylation sites is 1. The highest BCUT2D eigenvalue weighted by molar-refractivity contribution is 6.01. The lowest BCUT2D eigenvalue weighted by molar-refractivity contribution is -0.384. The van der Waals surface area contributed by atoms with Crippen LogP contribution in [0.25, 0.3) is 0 Å². The zero-order valence-electron chi connectivity index (χ0n) is 14.2. The first-order valence-corrected chi connectivity index (χ1v) is 8.30. The molecular formula is C18H20N4O3. The number of carbonyl (C=O) groups excluding carboxylic acids is 1. The Kier molecular flexibility index (Phi) is 4.48. The molecule has 7 heteroatoms. The van der Waals surface area contributed by atoms with E-state index in [9.17, 15) is 14.9 Å². The monoisotopic (exact) mass is 340 g/mol. The van der Waals surface area contributed by atoms with Crippen LogP contribution in [0, 0.1) is 23.0 Å². The molecule has 7 nitrogen and oxygen atoms in total. The van der Waals surface area contributed by atoms with Crippen LogP contribution in [-0.4, -0.2) is 20.8 Å². The normalized spacial score (nSPS) is 22.6. The molecular weight excluding hydrogens is 320 g/mol. The fourth-order valence-electron chi connectivity index (χ4n) is 3.67. The number of benzene rings is 1. The quantitative estimate of drug-likeness (QED) is 0.679. The van der Waals surface area contributed by atoms with Crippen molar-refractivity contribution in [3.05, 3.63) is 58.2 Å². The molecule has 1 heterocycles. The van der Waals surface area contributed by atoms with Crippen molar-refractivity contribution in [1.29, 1.82) is 0 Å². The van der Waals surface area contributed by atoms with Gasteiger partial charge in [-0.25, -0.2) is 9.97 Å². The molecule has 0 bridgehead atoms. The Balaban J connectivity index is 2.03. The Morgan fingerprint density at radius 3 is 2.64 bits per heavy atom. The Hall–Kier alpha value is -2.83. The molecule has 1 aromatic heterocycles. The molecule has 1 aromatic carbocycles. The molecule has 1 N–H and O–H groups in total. The molecule has 1 amide bonds. The SMILES string of the molecule is Cc1cccc([N+](=O)[O-])c1NC(=O)C1(c2ncccn2)CCCC1C. The van der Waals surface area contributed by atoms with Gasteiger partial charge in [-0.05, 0) is 37.3 Å². The summed E-state index contributed by atoms with van der Waals surface area (Å²) in [5.41, 5.74) is -0.0791. The Morgan fingerprint density at radius 1 is 1.32 bits per heavy atom. The molecule has 130 valence electrons. The first-order chi connectivity index (χ1) is 12.0. The van der Waals surface area contributed by atoms with Crippen LogP contribution in [0.1, 0.15) is 37.6 Å². The molecule has 1 aliphatic carbocycles. The van der Waals surface area contributed by atoms with Gasteiger partial charge in [0.05, 0.1) is 4.92 Å². The number of carbonyl (C=O) groups is 1. The van der Waals surface area contributed by atoms with Crippen molar-refractivity contribution in [2.75, 3.05) is 5.32 Å². The molecule has 2 atom stereocenters. The lowest BCUT2D eigenvalue weighted by atomic mass is 9.76. The zero-order valence-corrected chi connectivity index (χ0v) is 14.2. The average molecular weight is 340 g/mol. The fraction of sp³-hybridized carbons (Fsp3) is 0.389. The van der Waals surface area contributed by atoms with Crippen molar-refractivity contribution in [2.45, 2.75) is 38.5 Å². The van der Waals surface area contributed by atoms with Crippen molar-refractivity contribution in [3.63, 3.8) is 0 Å². The van der Waals surface area contributed by atoms with E-state index in [2.05, 4.69) is 15.3 Å². The minimum atomic E-state index is -0.864. The summed E-state index contributed by atoms with van der Waals surface area (Å²) in [4.78, 5) is 32.7. The second-order valence-corrected chi connectivity index (χ2v) is 6.52. The number of hydrogen-bond acceptors (Lipinski definition) is 5. The van der Waals surface area contributed by atoms with Gasteiger partial charge in [-0.3, -0.25) is 14.9 Å². The summed E-state index contributed by atoms with van der Waals surface area (Å²) in [6, 6.07) is 6.46. The summed E-state index contributed by atoms with van der Waals surface area (Å²) in [5.74, 6) is 0.257. The maximum Gasteiger partial charge on any atom is 0.293 e. The minimum Gasteiger partial charge on any atom is -0.319 e. The molecule has 0 spiro atoms. The third kappa shape index (κ3) is 2.86. The van der Waals surface area contributed by atoms with E-state index in [0.717, 1.165) is 12.8 Å². The average Bonchev–Trinajstić information content (AvgIpc) is 2.99. The summed E-state index contributed by atoms with van der Waals surface area (Å²) in [6.07, 6.45) is 5.66. The van der Waals surface area contributed by atoms with E-state index >= 15 is 0 Å². The van der Waals surface area contributed by atoms with Crippen LogP contribution in [0.4, 0.5) is 11.4 Å². The van der Waals surface area contributed by atoms with Crippen molar-refractivity contribution in [3.8, 4) is 0 Å². The van der Waals surface area contributed by atoms with Crippen LogP contribution >= 0.6 is 0 Å². The van der Waals surface area contributed by atoms with Crippen molar-refractivity contribution < 1.29 is 9.72 Å². The number of anilines is 1. The highest BCUT2D eigenvalue weighted by Crippen LogP contribution is 2.45. The predicted octanol–water partition coefficient (Wildman–Crippen LogP) is 3.39. The smallest absolute Gasteiger partial charge is 0.293 e. The molecule has 0 saturated heterocycles. The van der Waals surface area contributed by atoms with Gasteiger partial charge in [-0.2, -0.15) is 0 Å². The van der Waals surface area contributed by atoms with Crippen molar-refractivity contribution >= 4 is 17.3 Å². The van der Waals surface area contributed by atoms with Crippen LogP contribution in [0.3, 0.4) is 0 Å². The number of hydrogen-bond donors (Lipinski definition) is 1. The molecule has 0 aliphatic heterocycles. The molecule has 0 radical (unpaired) electrons. The van der Waals surface area contributed by atoms with E-state index < -0.39 is 10.3 Å². The van der Waals surface area contributed by atoms with Gasteiger partial charge in [-0.1, -0.05) is 25.5 Å². The van der Waals surface area contributed by atoms with Crippen LogP contribution < -0.4 is 5.32 Å². The molecule has 3 rings (SSSR count). The summed E-state index contributed by atoms with van der Waals surface area (Å²) >= 11 is 0. The number of aromatic nitrogens is 2. The first kappa shape index (κ1) is 17.0. The van der Waals surface area contributed by atoms with E-state index in [1.165, 1.54) is 6.07 Å². The molecule has 2 aromatic rings. The van der Waals surface area contributed by atoms with Crippen molar-refractivity contribution in [2.24, 2.45) is 5.92 Å². The topological polar surface area (TPSA) is 98.0 Å². The molecule has 1 fully saturated rings. The third-order valence-corrected chi connectivity index (χ3v) is 5.11. The maximum absolute atomic E-state index is 13.3. The van der Waals surface area contributed by atoms with Gasteiger partial charge >= 0.3 is 0 Å². The van der Waals surface area contributed by atoms with Crippen LogP contribution in [0.2, 0.25) is 0 Å². The van der Waals surface area contributed by atoms with Gasteiger partial charge in [0.15, 0.2) is 0 Å². The Labute approximate surface area is 145 Å². The van der Waals surface area contributed by atoms with Gasteiger partial charge in [0, 0.05) is 18.5 Å². The largest absolute Gasteiger partial charge is 0.319 e. The summed E-state index contributed by atoms with van der Waals surface area (Å²) < 4.78 is 0. The first-order valence-electron chi connectivity index (χ1n) is 8.30. The van der Waals surface area contributed by atoms with Crippen LogP contribution in [0.15, 0.2) is 36.7 Å². The number of nitro groups is 1. The Morgan fingerprint density at radius 2 is 2.04 bits per heavy atom. The minimum absolute atomic E-state index is 0.0537. The lowest BCUT2D eigenvalue weighted by Crippen LogP contribution is -2.44. The fourth-order valence-corrected chi connectivity index (χ4v) is 3.67. The van der Waals surface area contributed by atoms with Gasteiger partial charge in [0.2, 0.25) is 5.91 Å². The zero-order chi connectivity index (χ0) is 18.0. The number of aryl methyl sites for hydroxylation is 1. The molecule has 1 aliphatic rings. The molecule has 25 heavy (non-hydrogen) atoms. The standard InChI is InChI=1S/C18H20N4O3/c1-12-6-3-8-14(22(24)25)15(12)21-17(23)18(9-4-7-13(18)2)16-19-10-5-11-20-16/h3,5-6,8,10-11,13H,4,7,9H2,1-2H3,(H,21,23). The number of rotatable bonds is 4. The van der Waals surface area contributed by atoms with Gasteiger partial charge in [-0.15, -0.1) is 0 Å². The van der Waals surface area contributed by atoms with Gasteiger partial charge < -0.3 is 5.32 Å². The van der Waals surface area contributed by atoms with E-state index in [-0.39, 0.29) is 23.2 Å². The van der Waals surface area contributed by atoms with Gasteiger partial charge in [0.25, 0.3) is 5.69 Å². The second kappa shape index (κ2) is 6.58. The van der Waals surface area contributed by atoms with E-state index in [1.54, 1.807) is 37.5 Å². The molecule has 2 unspecified atom stereocenters. The summed E-state index contributed by atoms with van der Waals surface area (Å²) in [5, 5.41) is 14.1. The number of nitrogens with one attached hydrogen (secondary N) is 1.